The lowest BCUT2D eigenvalue weighted by molar-refractivity contribution is -0.140. The average Bonchev–Trinajstić information content (AvgIpc) is 2.75. The van der Waals surface area contributed by atoms with Crippen LogP contribution in [0.5, 0.6) is 0 Å². The van der Waals surface area contributed by atoms with Gasteiger partial charge in [0.2, 0.25) is 0 Å². The van der Waals surface area contributed by atoms with E-state index in [1.54, 1.807) is 0 Å². The molecule has 2 amide bonds. The zero-order valence-corrected chi connectivity index (χ0v) is 9.49. The fraction of sp³-hybridized carbons (Fsp3) is 0.818. The fourth-order valence-electron chi connectivity index (χ4n) is 1.59. The molecule has 1 saturated heterocycles. The summed E-state index contributed by atoms with van der Waals surface area (Å²) in [5.41, 5.74) is 0. The number of unbranched alkanes of at least 4 members (excludes halogenated alkanes) is 1. The summed E-state index contributed by atoms with van der Waals surface area (Å²) in [4.78, 5) is 22.0. The first-order chi connectivity index (χ1) is 8.58. The molecule has 0 bridgehead atoms. The molecule has 1 aliphatic rings. The number of urea groups is 1. The van der Waals surface area contributed by atoms with Crippen LogP contribution in [-0.2, 0) is 9.53 Å². The van der Waals surface area contributed by atoms with Gasteiger partial charge >= 0.3 is 12.0 Å². The monoisotopic (exact) mass is 230 g/mol. The smallest absolute Gasteiger partial charge is 0.315 e. The van der Waals surface area contributed by atoms with Crippen LogP contribution in [0, 0.1) is 0 Å². The Balaban J connectivity index is 2.25. The molecule has 2 N–H and O–H groups in total. The lowest BCUT2D eigenvalue weighted by atomic mass is 10.0. The second-order valence-electron chi connectivity index (χ2n) is 3.81. The van der Waals surface area contributed by atoms with Gasteiger partial charge in [-0.3, -0.25) is 4.79 Å². The lowest BCUT2D eigenvalue weighted by Crippen LogP contribution is -2.30. The number of carbonyl (C=O) groups is 2. The normalized spacial score (nSPS) is 27.4. The molecule has 3 atom stereocenters. The van der Waals surface area contributed by atoms with Gasteiger partial charge in [0, 0.05) is 15.2 Å². The lowest BCUT2D eigenvalue weighted by Gasteiger charge is -2.13. The first-order valence-electron chi connectivity index (χ1n) is 6.72. The predicted octanol–water partition coefficient (Wildman–Crippen LogP) is 1.18. The first kappa shape index (κ1) is 9.93. The van der Waals surface area contributed by atoms with Crippen molar-refractivity contribution >= 4 is 12.0 Å². The summed E-state index contributed by atoms with van der Waals surface area (Å²) in [6, 6.07) is -0.905. The van der Waals surface area contributed by atoms with E-state index in [1.165, 1.54) is 7.11 Å². The molecule has 0 aromatic rings. The Bertz CT molecular complexity index is 302. The third kappa shape index (κ3) is 4.08. The van der Waals surface area contributed by atoms with Crippen LogP contribution in [0.2, 0.25) is 0 Å². The Morgan fingerprint density at radius 3 is 3.00 bits per heavy atom. The van der Waals surface area contributed by atoms with Crippen molar-refractivity contribution in [2.75, 3.05) is 7.11 Å². The fourth-order valence-corrected chi connectivity index (χ4v) is 1.59. The zero-order valence-electron chi connectivity index (χ0n) is 11.5. The number of hydrogen-bond donors (Lipinski definition) is 2. The molecule has 16 heavy (non-hydrogen) atoms. The Hall–Kier alpha value is -1.26. The number of esters is 1. The van der Waals surface area contributed by atoms with Gasteiger partial charge in [-0.15, -0.1) is 0 Å². The summed E-state index contributed by atoms with van der Waals surface area (Å²) in [5.74, 6) is -0.239. The van der Waals surface area contributed by atoms with Crippen LogP contribution >= 0.6 is 0 Å². The zero-order chi connectivity index (χ0) is 13.5. The maximum absolute atomic E-state index is 11.1. The summed E-state index contributed by atoms with van der Waals surface area (Å²) >= 11 is 0. The van der Waals surface area contributed by atoms with Crippen molar-refractivity contribution in [3.05, 3.63) is 0 Å². The largest absolute Gasteiger partial charge is 0.469 e. The molecule has 0 spiro atoms. The Morgan fingerprint density at radius 1 is 1.50 bits per heavy atom. The van der Waals surface area contributed by atoms with Gasteiger partial charge < -0.3 is 15.4 Å². The van der Waals surface area contributed by atoms with E-state index in [1.807, 2.05) is 0 Å². The van der Waals surface area contributed by atoms with Gasteiger partial charge in [0.15, 0.2) is 0 Å². The average molecular weight is 230 g/mol. The van der Waals surface area contributed by atoms with Crippen LogP contribution in [0.4, 0.5) is 4.79 Å². The molecule has 92 valence electrons. The molecule has 1 aliphatic heterocycles. The van der Waals surface area contributed by atoms with Crippen LogP contribution in [-0.4, -0.2) is 31.2 Å². The summed E-state index contributed by atoms with van der Waals surface area (Å²) in [6.45, 7) is 0.0704. The molecule has 0 saturated carbocycles. The van der Waals surface area contributed by atoms with E-state index < -0.39 is 6.40 Å². The predicted molar refractivity (Wildman–Crippen MR) is 60.0 cm³/mol. The Labute approximate surface area is 98.7 Å². The number of methoxy groups -OCH3 is 1. The molecule has 0 aliphatic carbocycles. The van der Waals surface area contributed by atoms with Crippen molar-refractivity contribution in [3.63, 3.8) is 0 Å². The molecule has 0 radical (unpaired) electrons. The van der Waals surface area contributed by atoms with E-state index in [0.29, 0.717) is 19.3 Å². The van der Waals surface area contributed by atoms with Crippen LogP contribution < -0.4 is 10.6 Å². The Kier molecular flexibility index (Phi) is 3.94. The van der Waals surface area contributed by atoms with E-state index >= 15 is 0 Å². The Morgan fingerprint density at radius 2 is 2.31 bits per heavy atom. The highest BCUT2D eigenvalue weighted by Crippen LogP contribution is 2.11. The van der Waals surface area contributed by atoms with Crippen molar-refractivity contribution in [3.8, 4) is 0 Å². The quantitative estimate of drug-likeness (QED) is 0.532. The first-order valence-corrected chi connectivity index (χ1v) is 5.43. The number of rotatable bonds is 6. The minimum Gasteiger partial charge on any atom is -0.469 e. The number of nitrogens with one attached hydrogen (secondary N) is 2. The molecule has 1 rings (SSSR count). The molecule has 0 unspecified atom stereocenters. The van der Waals surface area contributed by atoms with Gasteiger partial charge in [-0.25, -0.2) is 4.79 Å². The molecule has 1 heterocycles. The maximum atomic E-state index is 11.1. The second-order valence-corrected chi connectivity index (χ2v) is 3.81. The molecule has 0 aromatic carbocycles. The van der Waals surface area contributed by atoms with Gasteiger partial charge in [0.25, 0.3) is 0 Å². The van der Waals surface area contributed by atoms with Crippen molar-refractivity contribution in [1.29, 1.82) is 0 Å². The third-order valence-corrected chi connectivity index (χ3v) is 2.53. The number of ether oxygens (including phenoxy) is 1. The highest BCUT2D eigenvalue weighted by atomic mass is 16.5. The van der Waals surface area contributed by atoms with Gasteiger partial charge in [-0.05, 0) is 19.7 Å². The van der Waals surface area contributed by atoms with E-state index in [2.05, 4.69) is 15.4 Å². The third-order valence-electron chi connectivity index (χ3n) is 2.53. The summed E-state index contributed by atoms with van der Waals surface area (Å²) in [7, 11) is 1.36. The van der Waals surface area contributed by atoms with Gasteiger partial charge in [-0.2, -0.15) is 0 Å². The van der Waals surface area contributed by atoms with Crippen molar-refractivity contribution in [2.45, 2.75) is 51.1 Å². The highest BCUT2D eigenvalue weighted by Gasteiger charge is 2.26. The molecule has 0 aromatic heterocycles. The SMILES string of the molecule is [2H]C[C@@H]1NC(=O)N[C@@H]1[C@H]([2H])CCCCC(=O)OC. The van der Waals surface area contributed by atoms with Crippen LogP contribution in [0.1, 0.15) is 41.7 Å². The number of carbonyl (C=O) groups excluding carboxylic acids is 2. The summed E-state index contributed by atoms with van der Waals surface area (Å²) < 4.78 is 19.8. The topological polar surface area (TPSA) is 67.4 Å². The minimum absolute atomic E-state index is 0.0704. The standard InChI is InChI=1S/C11H20N2O3/c1-8-9(13-11(15)12-8)6-4-3-5-7-10(14)16-2/h8-9H,3-7H2,1-2H3,(H2,12,13,15)/t8-,9+/m0/s1/i1D,6D/t6-,8+,9-/m1. The van der Waals surface area contributed by atoms with E-state index in [9.17, 15) is 9.59 Å². The van der Waals surface area contributed by atoms with Crippen molar-refractivity contribution < 1.29 is 17.1 Å². The van der Waals surface area contributed by atoms with E-state index in [0.717, 1.165) is 6.42 Å². The number of amides is 2. The maximum Gasteiger partial charge on any atom is 0.315 e. The second kappa shape index (κ2) is 6.35. The van der Waals surface area contributed by atoms with Crippen molar-refractivity contribution in [2.24, 2.45) is 0 Å². The molecule has 1 fully saturated rings. The van der Waals surface area contributed by atoms with E-state index in [-0.39, 0.29) is 31.0 Å². The van der Waals surface area contributed by atoms with E-state index in [4.69, 9.17) is 2.74 Å². The molecular weight excluding hydrogens is 208 g/mol. The number of hydrogen-bond acceptors (Lipinski definition) is 3. The molecule has 5 heteroatoms. The van der Waals surface area contributed by atoms with Gasteiger partial charge in [0.1, 0.15) is 0 Å². The highest BCUT2D eigenvalue weighted by molar-refractivity contribution is 5.77. The van der Waals surface area contributed by atoms with Crippen LogP contribution in [0.25, 0.3) is 0 Å². The van der Waals surface area contributed by atoms with Gasteiger partial charge in [0.05, 0.1) is 13.2 Å². The van der Waals surface area contributed by atoms with Gasteiger partial charge in [-0.1, -0.05) is 12.8 Å². The molecule has 5 nitrogen and oxygen atoms in total. The van der Waals surface area contributed by atoms with Crippen LogP contribution in [0.15, 0.2) is 0 Å². The van der Waals surface area contributed by atoms with Crippen molar-refractivity contribution in [1.82, 2.24) is 10.6 Å². The summed E-state index contributed by atoms with van der Waals surface area (Å²) in [6.07, 6.45) is 1.93. The summed E-state index contributed by atoms with van der Waals surface area (Å²) in [5, 5.41) is 5.29. The molecular formula is C11H20N2O3. The van der Waals surface area contributed by atoms with Crippen LogP contribution in [0.3, 0.4) is 0 Å². The minimum atomic E-state index is -0.447.